The van der Waals surface area contributed by atoms with E-state index in [2.05, 4.69) is 5.32 Å². The molecule has 0 saturated carbocycles. The number of carbonyl (C=O) groups excluding carboxylic acids is 1. The van der Waals surface area contributed by atoms with Crippen molar-refractivity contribution in [2.45, 2.75) is 31.1 Å². The van der Waals surface area contributed by atoms with E-state index in [1.54, 1.807) is 18.2 Å². The van der Waals surface area contributed by atoms with Crippen molar-refractivity contribution in [2.75, 3.05) is 18.4 Å². The number of carbonyl (C=O) groups is 1. The van der Waals surface area contributed by atoms with Gasteiger partial charge in [-0.1, -0.05) is 18.6 Å². The lowest BCUT2D eigenvalue weighted by Gasteiger charge is -2.26. The number of para-hydroxylation sites is 1. The Morgan fingerprint density at radius 1 is 1.16 bits per heavy atom. The van der Waals surface area contributed by atoms with Crippen LogP contribution < -0.4 is 5.32 Å². The minimum atomic E-state index is -3.52. The summed E-state index contributed by atoms with van der Waals surface area (Å²) in [5.74, 6) is -0.277. The van der Waals surface area contributed by atoms with Crippen LogP contribution in [0.2, 0.25) is 0 Å². The second kappa shape index (κ2) is 5.71. The largest absolute Gasteiger partial charge is 0.325 e. The maximum atomic E-state index is 12.6. The number of nitrogens with one attached hydrogen (secondary N) is 1. The molecule has 1 aromatic rings. The van der Waals surface area contributed by atoms with Gasteiger partial charge in [-0.05, 0) is 25.0 Å². The highest BCUT2D eigenvalue weighted by Crippen LogP contribution is 2.26. The number of anilines is 1. The zero-order valence-corrected chi connectivity index (χ0v) is 11.7. The fraction of sp³-hybridized carbons (Fsp3) is 0.462. The summed E-state index contributed by atoms with van der Waals surface area (Å²) in [6, 6.07) is 6.52. The van der Waals surface area contributed by atoms with Gasteiger partial charge in [0.1, 0.15) is 4.90 Å². The Bertz CT molecular complexity index is 563. The fourth-order valence-corrected chi connectivity index (χ4v) is 3.89. The van der Waals surface area contributed by atoms with Gasteiger partial charge in [0.2, 0.25) is 15.9 Å². The van der Waals surface area contributed by atoms with Crippen LogP contribution in [0.25, 0.3) is 0 Å². The molecular weight excluding hydrogens is 264 g/mol. The zero-order chi connectivity index (χ0) is 13.9. The first-order chi connectivity index (χ1) is 9.01. The van der Waals surface area contributed by atoms with Crippen molar-refractivity contribution in [1.29, 1.82) is 0 Å². The molecule has 6 heteroatoms. The van der Waals surface area contributed by atoms with E-state index in [9.17, 15) is 13.2 Å². The highest BCUT2D eigenvalue weighted by atomic mass is 32.2. The lowest BCUT2D eigenvalue weighted by Crippen LogP contribution is -2.36. The van der Waals surface area contributed by atoms with Gasteiger partial charge in [0.25, 0.3) is 0 Å². The quantitative estimate of drug-likeness (QED) is 0.919. The summed E-state index contributed by atoms with van der Waals surface area (Å²) in [6.07, 6.45) is 2.85. The van der Waals surface area contributed by atoms with Gasteiger partial charge in [-0.2, -0.15) is 4.31 Å². The Morgan fingerprint density at radius 3 is 2.42 bits per heavy atom. The summed E-state index contributed by atoms with van der Waals surface area (Å²) in [5.41, 5.74) is 0.348. The summed E-state index contributed by atoms with van der Waals surface area (Å²) in [7, 11) is -3.52. The number of nitrogens with zero attached hydrogens (tertiary/aromatic N) is 1. The Hall–Kier alpha value is -1.40. The van der Waals surface area contributed by atoms with Crippen LogP contribution in [-0.2, 0) is 14.8 Å². The number of hydrogen-bond donors (Lipinski definition) is 1. The average molecular weight is 282 g/mol. The van der Waals surface area contributed by atoms with Crippen molar-refractivity contribution in [2.24, 2.45) is 0 Å². The van der Waals surface area contributed by atoms with Crippen molar-refractivity contribution in [3.05, 3.63) is 24.3 Å². The first kappa shape index (κ1) is 14.0. The van der Waals surface area contributed by atoms with Gasteiger partial charge in [-0.3, -0.25) is 4.79 Å². The van der Waals surface area contributed by atoms with E-state index in [-0.39, 0.29) is 10.8 Å². The van der Waals surface area contributed by atoms with Gasteiger partial charge >= 0.3 is 0 Å². The number of piperidine rings is 1. The van der Waals surface area contributed by atoms with E-state index in [4.69, 9.17) is 0 Å². The molecule has 1 aromatic carbocycles. The van der Waals surface area contributed by atoms with Crippen LogP contribution in [0.4, 0.5) is 5.69 Å². The molecule has 0 aromatic heterocycles. The zero-order valence-electron chi connectivity index (χ0n) is 10.9. The van der Waals surface area contributed by atoms with Crippen LogP contribution in [0.15, 0.2) is 29.2 Å². The number of benzene rings is 1. The normalized spacial score (nSPS) is 17.1. The SMILES string of the molecule is CC(=O)Nc1ccccc1S(=O)(=O)N1CCCCC1. The predicted molar refractivity (Wildman–Crippen MR) is 73.4 cm³/mol. The van der Waals surface area contributed by atoms with Crippen molar-refractivity contribution < 1.29 is 13.2 Å². The van der Waals surface area contributed by atoms with Crippen molar-refractivity contribution >= 4 is 21.6 Å². The minimum Gasteiger partial charge on any atom is -0.325 e. The highest BCUT2D eigenvalue weighted by molar-refractivity contribution is 7.89. The summed E-state index contributed by atoms with van der Waals surface area (Å²) in [5, 5.41) is 2.57. The summed E-state index contributed by atoms with van der Waals surface area (Å²) >= 11 is 0. The first-order valence-corrected chi connectivity index (χ1v) is 7.82. The second-order valence-electron chi connectivity index (χ2n) is 4.64. The average Bonchev–Trinajstić information content (AvgIpc) is 2.39. The van der Waals surface area contributed by atoms with Crippen LogP contribution in [0, 0.1) is 0 Å². The molecule has 0 aliphatic carbocycles. The molecule has 0 bridgehead atoms. The van der Waals surface area contributed by atoms with Crippen LogP contribution in [-0.4, -0.2) is 31.7 Å². The summed E-state index contributed by atoms with van der Waals surface area (Å²) < 4.78 is 26.6. The first-order valence-electron chi connectivity index (χ1n) is 6.38. The Kier molecular flexibility index (Phi) is 4.21. The molecule has 104 valence electrons. The molecule has 0 radical (unpaired) electrons. The van der Waals surface area contributed by atoms with Crippen LogP contribution in [0.1, 0.15) is 26.2 Å². The van der Waals surface area contributed by atoms with Gasteiger partial charge < -0.3 is 5.32 Å². The molecule has 5 nitrogen and oxygen atoms in total. The highest BCUT2D eigenvalue weighted by Gasteiger charge is 2.28. The van der Waals surface area contributed by atoms with E-state index >= 15 is 0 Å². The molecular formula is C13H18N2O3S. The molecule has 1 saturated heterocycles. The van der Waals surface area contributed by atoms with Crippen LogP contribution >= 0.6 is 0 Å². The van der Waals surface area contributed by atoms with Gasteiger partial charge in [0.05, 0.1) is 5.69 Å². The second-order valence-corrected chi connectivity index (χ2v) is 6.55. The fourth-order valence-electron chi connectivity index (χ4n) is 2.23. The Balaban J connectivity index is 2.36. The van der Waals surface area contributed by atoms with Gasteiger partial charge in [0, 0.05) is 20.0 Å². The molecule has 1 aliphatic heterocycles. The van der Waals surface area contributed by atoms with Crippen LogP contribution in [0.3, 0.4) is 0 Å². The predicted octanol–water partition coefficient (Wildman–Crippen LogP) is 1.82. The van der Waals surface area contributed by atoms with E-state index in [1.807, 2.05) is 0 Å². The maximum absolute atomic E-state index is 12.6. The molecule has 1 N–H and O–H groups in total. The van der Waals surface area contributed by atoms with Crippen molar-refractivity contribution in [3.63, 3.8) is 0 Å². The third-order valence-electron chi connectivity index (χ3n) is 3.13. The van der Waals surface area contributed by atoms with Crippen molar-refractivity contribution in [3.8, 4) is 0 Å². The Labute approximate surface area is 113 Å². The molecule has 1 heterocycles. The number of amides is 1. The third-order valence-corrected chi connectivity index (χ3v) is 5.09. The van der Waals surface area contributed by atoms with Crippen molar-refractivity contribution in [1.82, 2.24) is 4.31 Å². The molecule has 0 spiro atoms. The summed E-state index contributed by atoms with van der Waals surface area (Å²) in [6.45, 7) is 2.47. The lowest BCUT2D eigenvalue weighted by atomic mass is 10.2. The number of hydrogen-bond acceptors (Lipinski definition) is 3. The van der Waals surface area contributed by atoms with E-state index in [0.717, 1.165) is 19.3 Å². The smallest absolute Gasteiger partial charge is 0.245 e. The number of rotatable bonds is 3. The molecule has 2 rings (SSSR count). The third kappa shape index (κ3) is 3.13. The lowest BCUT2D eigenvalue weighted by molar-refractivity contribution is -0.114. The molecule has 0 atom stereocenters. The number of sulfonamides is 1. The van der Waals surface area contributed by atoms with Gasteiger partial charge in [0.15, 0.2) is 0 Å². The topological polar surface area (TPSA) is 66.5 Å². The van der Waals surface area contributed by atoms with E-state index < -0.39 is 10.0 Å². The minimum absolute atomic E-state index is 0.173. The van der Waals surface area contributed by atoms with Gasteiger partial charge in [-0.25, -0.2) is 8.42 Å². The molecule has 1 fully saturated rings. The molecule has 1 amide bonds. The van der Waals surface area contributed by atoms with Gasteiger partial charge in [-0.15, -0.1) is 0 Å². The maximum Gasteiger partial charge on any atom is 0.245 e. The standard InChI is InChI=1S/C13H18N2O3S/c1-11(16)14-12-7-3-4-8-13(12)19(17,18)15-9-5-2-6-10-15/h3-4,7-8H,2,5-6,9-10H2,1H3,(H,14,16). The Morgan fingerprint density at radius 2 is 1.79 bits per heavy atom. The molecule has 0 unspecified atom stereocenters. The van der Waals surface area contributed by atoms with E-state index in [0.29, 0.717) is 18.8 Å². The molecule has 19 heavy (non-hydrogen) atoms. The van der Waals surface area contributed by atoms with E-state index in [1.165, 1.54) is 17.3 Å². The van der Waals surface area contributed by atoms with Crippen LogP contribution in [0.5, 0.6) is 0 Å². The summed E-state index contributed by atoms with van der Waals surface area (Å²) in [4.78, 5) is 11.3. The molecule has 1 aliphatic rings. The monoisotopic (exact) mass is 282 g/mol.